The van der Waals surface area contributed by atoms with Crippen molar-refractivity contribution in [3.8, 4) is 44.9 Å². The molecular formula is C45H28O. The van der Waals surface area contributed by atoms with Crippen molar-refractivity contribution in [2.45, 2.75) is 5.41 Å². The van der Waals surface area contributed by atoms with Gasteiger partial charge in [0.25, 0.3) is 0 Å². The fraction of sp³-hybridized carbons (Fsp3) is 0.0222. The topological polar surface area (TPSA) is 9.23 Å². The largest absolute Gasteiger partial charge is 0.456 e. The summed E-state index contributed by atoms with van der Waals surface area (Å²) in [6, 6.07) is 62.1. The highest BCUT2D eigenvalue weighted by molar-refractivity contribution is 6.10. The first kappa shape index (κ1) is 25.4. The van der Waals surface area contributed by atoms with E-state index in [2.05, 4.69) is 164 Å². The van der Waals surface area contributed by atoms with Gasteiger partial charge in [0.15, 0.2) is 0 Å². The zero-order chi connectivity index (χ0) is 30.2. The lowest BCUT2D eigenvalue weighted by molar-refractivity contribution is 0.487. The Morgan fingerprint density at radius 1 is 0.370 bits per heavy atom. The summed E-state index contributed by atoms with van der Waals surface area (Å²) in [7, 11) is 0. The molecule has 0 N–H and O–H groups in total. The minimum atomic E-state index is -0.437. The molecule has 1 aliphatic heterocycles. The molecule has 0 aromatic heterocycles. The van der Waals surface area contributed by atoms with Gasteiger partial charge >= 0.3 is 0 Å². The molecule has 0 saturated carbocycles. The lowest BCUT2D eigenvalue weighted by Gasteiger charge is -2.34. The van der Waals surface area contributed by atoms with Crippen molar-refractivity contribution in [3.63, 3.8) is 0 Å². The second kappa shape index (κ2) is 9.54. The highest BCUT2D eigenvalue weighted by Gasteiger charge is 2.46. The van der Waals surface area contributed by atoms with Crippen LogP contribution >= 0.6 is 0 Å². The zero-order valence-corrected chi connectivity index (χ0v) is 25.1. The molecule has 0 amide bonds. The maximum atomic E-state index is 6.39. The van der Waals surface area contributed by atoms with Crippen molar-refractivity contribution in [2.24, 2.45) is 0 Å². The number of hydrogen-bond acceptors (Lipinski definition) is 1. The van der Waals surface area contributed by atoms with Crippen LogP contribution < -0.4 is 4.74 Å². The predicted octanol–water partition coefficient (Wildman–Crippen LogP) is 11.8. The third-order valence-electron chi connectivity index (χ3n) is 10.1. The first-order valence-corrected chi connectivity index (χ1v) is 15.9. The molecule has 1 heteroatoms. The molecule has 2 aliphatic rings. The summed E-state index contributed by atoms with van der Waals surface area (Å²) in [6.45, 7) is 0. The second-order valence-corrected chi connectivity index (χ2v) is 12.4. The maximum absolute atomic E-state index is 6.39. The van der Waals surface area contributed by atoms with Gasteiger partial charge in [-0.2, -0.15) is 0 Å². The highest BCUT2D eigenvalue weighted by atomic mass is 16.5. The first-order valence-electron chi connectivity index (χ1n) is 15.9. The lowest BCUT2D eigenvalue weighted by atomic mass is 9.67. The van der Waals surface area contributed by atoms with Crippen LogP contribution in [0.2, 0.25) is 0 Å². The number of para-hydroxylation sites is 1. The average Bonchev–Trinajstić information content (AvgIpc) is 3.41. The van der Waals surface area contributed by atoms with Crippen molar-refractivity contribution in [1.29, 1.82) is 0 Å². The van der Waals surface area contributed by atoms with Crippen molar-refractivity contribution in [2.75, 3.05) is 0 Å². The van der Waals surface area contributed by atoms with Crippen molar-refractivity contribution in [3.05, 3.63) is 192 Å². The van der Waals surface area contributed by atoms with Gasteiger partial charge in [-0.1, -0.05) is 146 Å². The van der Waals surface area contributed by atoms with Gasteiger partial charge in [0.1, 0.15) is 11.5 Å². The smallest absolute Gasteiger partial charge is 0.135 e. The van der Waals surface area contributed by atoms with Crippen molar-refractivity contribution in [1.82, 2.24) is 0 Å². The summed E-state index contributed by atoms with van der Waals surface area (Å²) in [5.74, 6) is 1.83. The fourth-order valence-corrected chi connectivity index (χ4v) is 8.17. The van der Waals surface area contributed by atoms with E-state index < -0.39 is 5.41 Å². The van der Waals surface area contributed by atoms with Crippen LogP contribution in [0.1, 0.15) is 22.3 Å². The molecule has 1 nitrogen and oxygen atoms in total. The Balaban J connectivity index is 1.20. The van der Waals surface area contributed by atoms with Crippen LogP contribution in [0.5, 0.6) is 11.5 Å². The van der Waals surface area contributed by atoms with Crippen LogP contribution in [-0.2, 0) is 5.41 Å². The van der Waals surface area contributed by atoms with Gasteiger partial charge in [-0.25, -0.2) is 0 Å². The summed E-state index contributed by atoms with van der Waals surface area (Å²) in [6.07, 6.45) is 0. The molecule has 0 radical (unpaired) electrons. The van der Waals surface area contributed by atoms with E-state index in [-0.39, 0.29) is 0 Å². The molecule has 1 unspecified atom stereocenters. The van der Waals surface area contributed by atoms with Gasteiger partial charge in [-0.3, -0.25) is 0 Å². The average molecular weight is 585 g/mol. The van der Waals surface area contributed by atoms with Crippen LogP contribution in [0, 0.1) is 0 Å². The molecule has 0 fully saturated rings. The van der Waals surface area contributed by atoms with Crippen LogP contribution in [0.25, 0.3) is 54.9 Å². The molecular weight excluding hydrogens is 556 g/mol. The molecule has 1 heterocycles. The van der Waals surface area contributed by atoms with Crippen LogP contribution in [0.15, 0.2) is 170 Å². The summed E-state index contributed by atoms with van der Waals surface area (Å²) in [5.41, 5.74) is 12.2. The summed E-state index contributed by atoms with van der Waals surface area (Å²) in [5, 5.41) is 4.91. The second-order valence-electron chi connectivity index (χ2n) is 12.4. The summed E-state index contributed by atoms with van der Waals surface area (Å²) >= 11 is 0. The summed E-state index contributed by atoms with van der Waals surface area (Å²) < 4.78 is 6.39. The van der Waals surface area contributed by atoms with Gasteiger partial charge in [-0.05, 0) is 90.5 Å². The lowest BCUT2D eigenvalue weighted by Crippen LogP contribution is -2.28. The fourth-order valence-electron chi connectivity index (χ4n) is 8.17. The molecule has 0 spiro atoms. The van der Waals surface area contributed by atoms with E-state index in [0.717, 1.165) is 17.1 Å². The third-order valence-corrected chi connectivity index (χ3v) is 10.1. The van der Waals surface area contributed by atoms with Gasteiger partial charge in [0.05, 0.1) is 5.41 Å². The van der Waals surface area contributed by atoms with Gasteiger partial charge < -0.3 is 4.74 Å². The zero-order valence-electron chi connectivity index (χ0n) is 25.1. The molecule has 8 aromatic carbocycles. The molecule has 8 aromatic rings. The minimum absolute atomic E-state index is 0.437. The van der Waals surface area contributed by atoms with E-state index in [1.54, 1.807) is 0 Å². The monoisotopic (exact) mass is 584 g/mol. The molecule has 214 valence electrons. The van der Waals surface area contributed by atoms with E-state index in [9.17, 15) is 0 Å². The minimum Gasteiger partial charge on any atom is -0.456 e. The van der Waals surface area contributed by atoms with Crippen LogP contribution in [0.3, 0.4) is 0 Å². The number of ether oxygens (including phenoxy) is 1. The Hall–Kier alpha value is -5.92. The quantitative estimate of drug-likeness (QED) is 0.201. The standard InChI is InChI=1S/C45H28O/c1-2-13-32(14-3-1)45(40-19-8-6-15-35(40)39-27-30-11-4-5-12-31(30)28-41(39)45)33-23-21-29(22-24-33)34-25-26-43-44-37(34)17-10-18-38(44)36-16-7-9-20-42(36)46-43/h1-28H. The summed E-state index contributed by atoms with van der Waals surface area (Å²) in [4.78, 5) is 0. The number of benzene rings is 8. The van der Waals surface area contributed by atoms with Crippen LogP contribution in [-0.4, -0.2) is 0 Å². The molecule has 0 saturated heterocycles. The Bertz CT molecular complexity index is 2490. The Kier molecular flexibility index (Phi) is 5.27. The predicted molar refractivity (Wildman–Crippen MR) is 190 cm³/mol. The van der Waals surface area contributed by atoms with E-state index in [4.69, 9.17) is 4.74 Å². The number of fused-ring (bicyclic) bond motifs is 6. The maximum Gasteiger partial charge on any atom is 0.135 e. The molecule has 0 bridgehead atoms. The molecule has 46 heavy (non-hydrogen) atoms. The Morgan fingerprint density at radius 2 is 1.04 bits per heavy atom. The first-order chi connectivity index (χ1) is 22.8. The number of rotatable bonds is 3. The SMILES string of the molecule is c1ccc(C2(c3ccc(-c4ccc5c6c(cccc46)-c4ccccc4O5)cc3)c3ccccc3-c3cc4ccccc4cc32)cc1. The van der Waals surface area contributed by atoms with E-state index >= 15 is 0 Å². The van der Waals surface area contributed by atoms with Gasteiger partial charge in [0.2, 0.25) is 0 Å². The number of hydrogen-bond donors (Lipinski definition) is 0. The van der Waals surface area contributed by atoms with Crippen molar-refractivity contribution < 1.29 is 4.74 Å². The van der Waals surface area contributed by atoms with E-state index in [1.807, 2.05) is 6.07 Å². The Morgan fingerprint density at radius 3 is 1.89 bits per heavy atom. The van der Waals surface area contributed by atoms with E-state index in [0.29, 0.717) is 0 Å². The van der Waals surface area contributed by atoms with E-state index in [1.165, 1.54) is 71.6 Å². The molecule has 10 rings (SSSR count). The van der Waals surface area contributed by atoms with Crippen molar-refractivity contribution >= 4 is 21.5 Å². The molecule has 1 atom stereocenters. The van der Waals surface area contributed by atoms with Crippen LogP contribution in [0.4, 0.5) is 0 Å². The van der Waals surface area contributed by atoms with Gasteiger partial charge in [0, 0.05) is 10.9 Å². The van der Waals surface area contributed by atoms with Gasteiger partial charge in [-0.15, -0.1) is 0 Å². The Labute approximate surface area is 268 Å². The third kappa shape index (κ3) is 3.40. The molecule has 1 aliphatic carbocycles. The normalized spacial score (nSPS) is 15.7. The highest BCUT2D eigenvalue weighted by Crippen LogP contribution is 2.57.